The van der Waals surface area contributed by atoms with Gasteiger partial charge in [-0.05, 0) is 6.42 Å². The molecule has 1 aliphatic carbocycles. The van der Waals surface area contributed by atoms with E-state index in [1.165, 1.54) is 5.37 Å². The van der Waals surface area contributed by atoms with Gasteiger partial charge in [-0.3, -0.25) is 4.79 Å². The van der Waals surface area contributed by atoms with Gasteiger partial charge in [0.1, 0.15) is 5.76 Å². The summed E-state index contributed by atoms with van der Waals surface area (Å²) < 4.78 is 0. The third-order valence-corrected chi connectivity index (χ3v) is 1.78. The van der Waals surface area contributed by atoms with Crippen LogP contribution in [0, 0.1) is 0 Å². The van der Waals surface area contributed by atoms with E-state index in [-0.39, 0.29) is 11.5 Å². The van der Waals surface area contributed by atoms with Crippen LogP contribution in [0.4, 0.5) is 0 Å². The summed E-state index contributed by atoms with van der Waals surface area (Å²) in [6, 6.07) is 0. The van der Waals surface area contributed by atoms with Crippen LogP contribution in [0.1, 0.15) is 19.3 Å². The van der Waals surface area contributed by atoms with Gasteiger partial charge in [0.15, 0.2) is 5.78 Å². The van der Waals surface area contributed by atoms with E-state index in [0.717, 1.165) is 6.42 Å². The molecule has 0 aromatic rings. The molecule has 54 valence electrons. The van der Waals surface area contributed by atoms with E-state index < -0.39 is 0 Å². The Hall–Kier alpha value is -0.700. The largest absolute Gasteiger partial charge is 0.512 e. The van der Waals surface area contributed by atoms with Gasteiger partial charge in [0.25, 0.3) is 0 Å². The van der Waals surface area contributed by atoms with Gasteiger partial charge < -0.3 is 5.11 Å². The number of hydrogen-bond donors (Lipinski definition) is 1. The van der Waals surface area contributed by atoms with Crippen LogP contribution in [-0.2, 0) is 4.79 Å². The van der Waals surface area contributed by atoms with Crippen molar-refractivity contribution in [2.45, 2.75) is 19.3 Å². The van der Waals surface area contributed by atoms with Crippen LogP contribution >= 0.6 is 12.2 Å². The highest BCUT2D eigenvalue weighted by Gasteiger charge is 2.17. The molecule has 0 saturated carbocycles. The number of aliphatic hydroxyl groups is 1. The first-order chi connectivity index (χ1) is 4.75. The molecule has 3 heteroatoms. The molecule has 0 radical (unpaired) electrons. The van der Waals surface area contributed by atoms with Gasteiger partial charge >= 0.3 is 0 Å². The minimum atomic E-state index is -0.0289. The van der Waals surface area contributed by atoms with E-state index in [4.69, 9.17) is 5.11 Å². The van der Waals surface area contributed by atoms with Crippen LogP contribution in [0.15, 0.2) is 11.3 Å². The zero-order chi connectivity index (χ0) is 7.56. The minimum absolute atomic E-state index is 0.0289. The predicted molar refractivity (Wildman–Crippen MR) is 42.2 cm³/mol. The number of rotatable bonds is 1. The summed E-state index contributed by atoms with van der Waals surface area (Å²) in [7, 11) is 0. The number of ketones is 1. The van der Waals surface area contributed by atoms with Crippen LogP contribution in [0.2, 0.25) is 0 Å². The van der Waals surface area contributed by atoms with E-state index in [1.807, 2.05) is 0 Å². The number of Topliss-reactive ketones (excluding diaryl/α,β-unsaturated/α-hetero) is 1. The standard InChI is InChI=1S/C7H8O2S/c8-6-2-1-3-7(9)5(6)4-10/h4,8H,1-3H2. The maximum Gasteiger partial charge on any atom is 0.167 e. The fraction of sp³-hybridized carbons (Fsp3) is 0.429. The zero-order valence-electron chi connectivity index (χ0n) is 5.46. The van der Waals surface area contributed by atoms with Crippen molar-refractivity contribution in [2.24, 2.45) is 0 Å². The molecule has 0 heterocycles. The number of hydrogen-bond acceptors (Lipinski definition) is 3. The number of carbonyl (C=O) groups excluding carboxylic acids is 1. The van der Waals surface area contributed by atoms with Crippen molar-refractivity contribution >= 4 is 23.4 Å². The molecule has 1 aliphatic rings. The maximum absolute atomic E-state index is 10.9. The van der Waals surface area contributed by atoms with Crippen molar-refractivity contribution in [3.63, 3.8) is 0 Å². The molecular formula is C7H8O2S. The van der Waals surface area contributed by atoms with Crippen LogP contribution in [0.3, 0.4) is 0 Å². The van der Waals surface area contributed by atoms with Gasteiger partial charge in [-0.2, -0.15) is 0 Å². The molecule has 0 spiro atoms. The Kier molecular flexibility index (Phi) is 2.17. The summed E-state index contributed by atoms with van der Waals surface area (Å²) in [5, 5.41) is 10.4. The number of allylic oxidation sites excluding steroid dienone is 2. The highest BCUT2D eigenvalue weighted by molar-refractivity contribution is 7.79. The Morgan fingerprint density at radius 1 is 1.50 bits per heavy atom. The monoisotopic (exact) mass is 156 g/mol. The molecule has 0 aromatic carbocycles. The second-order valence-electron chi connectivity index (χ2n) is 2.25. The van der Waals surface area contributed by atoms with Crippen molar-refractivity contribution in [1.82, 2.24) is 0 Å². The average molecular weight is 156 g/mol. The zero-order valence-corrected chi connectivity index (χ0v) is 6.28. The number of thiocarbonyl (C=S) groups is 1. The second kappa shape index (κ2) is 2.92. The molecule has 2 nitrogen and oxygen atoms in total. The Morgan fingerprint density at radius 3 is 2.60 bits per heavy atom. The molecule has 1 rings (SSSR count). The minimum Gasteiger partial charge on any atom is -0.512 e. The topological polar surface area (TPSA) is 37.3 Å². The summed E-state index contributed by atoms with van der Waals surface area (Å²) in [5.74, 6) is 0.130. The normalized spacial score (nSPS) is 19.4. The van der Waals surface area contributed by atoms with Crippen molar-refractivity contribution in [2.75, 3.05) is 0 Å². The SMILES string of the molecule is O=C1CCCC(O)=C1C=S. The Labute approximate surface area is 64.5 Å². The lowest BCUT2D eigenvalue weighted by Gasteiger charge is -2.10. The van der Waals surface area contributed by atoms with Crippen LogP contribution in [0.25, 0.3) is 0 Å². The summed E-state index contributed by atoms with van der Waals surface area (Å²) >= 11 is 4.56. The van der Waals surface area contributed by atoms with Crippen LogP contribution < -0.4 is 0 Å². The molecule has 0 saturated heterocycles. The van der Waals surface area contributed by atoms with Crippen molar-refractivity contribution < 1.29 is 9.90 Å². The number of aliphatic hydroxyl groups excluding tert-OH is 1. The summed E-state index contributed by atoms with van der Waals surface area (Å²) in [6.07, 6.45) is 1.86. The van der Waals surface area contributed by atoms with Crippen LogP contribution in [-0.4, -0.2) is 16.3 Å². The first-order valence-corrected chi connectivity index (χ1v) is 3.63. The average Bonchev–Trinajstić information content (AvgIpc) is 1.88. The highest BCUT2D eigenvalue weighted by Crippen LogP contribution is 2.18. The van der Waals surface area contributed by atoms with Gasteiger partial charge in [-0.25, -0.2) is 0 Å². The third kappa shape index (κ3) is 1.24. The van der Waals surface area contributed by atoms with Gasteiger partial charge in [0.2, 0.25) is 0 Å². The second-order valence-corrected chi connectivity index (χ2v) is 2.49. The maximum atomic E-state index is 10.9. The van der Waals surface area contributed by atoms with Crippen molar-refractivity contribution in [3.05, 3.63) is 11.3 Å². The fourth-order valence-corrected chi connectivity index (χ4v) is 1.25. The van der Waals surface area contributed by atoms with Gasteiger partial charge in [0.05, 0.1) is 5.57 Å². The molecular weight excluding hydrogens is 148 g/mol. The van der Waals surface area contributed by atoms with Crippen molar-refractivity contribution in [3.8, 4) is 0 Å². The molecule has 0 fully saturated rings. The lowest BCUT2D eigenvalue weighted by molar-refractivity contribution is -0.115. The summed E-state index contributed by atoms with van der Waals surface area (Å²) in [6.45, 7) is 0. The first kappa shape index (κ1) is 7.41. The Morgan fingerprint density at radius 2 is 2.20 bits per heavy atom. The number of carbonyl (C=O) groups is 1. The van der Waals surface area contributed by atoms with E-state index in [0.29, 0.717) is 18.4 Å². The van der Waals surface area contributed by atoms with E-state index >= 15 is 0 Å². The quantitative estimate of drug-likeness (QED) is 0.585. The first-order valence-electron chi connectivity index (χ1n) is 3.16. The van der Waals surface area contributed by atoms with E-state index in [9.17, 15) is 4.79 Å². The molecule has 0 bridgehead atoms. The van der Waals surface area contributed by atoms with Gasteiger partial charge in [-0.1, -0.05) is 12.2 Å². The summed E-state index contributed by atoms with van der Waals surface area (Å²) in [4.78, 5) is 10.9. The lowest BCUT2D eigenvalue weighted by Crippen LogP contribution is -2.11. The molecule has 0 aromatic heterocycles. The van der Waals surface area contributed by atoms with E-state index in [2.05, 4.69) is 12.2 Å². The molecule has 0 unspecified atom stereocenters. The lowest BCUT2D eigenvalue weighted by atomic mass is 9.98. The molecule has 0 amide bonds. The molecule has 0 atom stereocenters. The van der Waals surface area contributed by atoms with Crippen LogP contribution in [0.5, 0.6) is 0 Å². The van der Waals surface area contributed by atoms with E-state index in [1.54, 1.807) is 0 Å². The van der Waals surface area contributed by atoms with Crippen molar-refractivity contribution in [1.29, 1.82) is 0 Å². The molecule has 1 N–H and O–H groups in total. The Bertz CT molecular complexity index is 206. The molecule has 10 heavy (non-hydrogen) atoms. The fourth-order valence-electron chi connectivity index (χ4n) is 0.980. The smallest absolute Gasteiger partial charge is 0.167 e. The summed E-state index contributed by atoms with van der Waals surface area (Å²) in [5.41, 5.74) is 0.334. The molecule has 0 aliphatic heterocycles. The predicted octanol–water partition coefficient (Wildman–Crippen LogP) is 1.55. The highest BCUT2D eigenvalue weighted by atomic mass is 32.1. The third-order valence-electron chi connectivity index (χ3n) is 1.55. The Balaban J connectivity index is 2.94. The van der Waals surface area contributed by atoms with Gasteiger partial charge in [-0.15, -0.1) is 0 Å². The van der Waals surface area contributed by atoms with Gasteiger partial charge in [0, 0.05) is 18.2 Å².